The molecule has 5 nitrogen and oxygen atoms in total. The molecule has 17 heavy (non-hydrogen) atoms. The molecule has 2 amide bonds. The van der Waals surface area contributed by atoms with E-state index in [-0.39, 0.29) is 11.7 Å². The molecule has 0 aliphatic rings. The summed E-state index contributed by atoms with van der Waals surface area (Å²) in [7, 11) is 0. The van der Waals surface area contributed by atoms with E-state index in [4.69, 9.17) is 4.42 Å². The Morgan fingerprint density at radius 3 is 2.53 bits per heavy atom. The van der Waals surface area contributed by atoms with E-state index < -0.39 is 5.91 Å². The number of para-hydroxylation sites is 1. The Kier molecular flexibility index (Phi) is 2.82. The van der Waals surface area contributed by atoms with Crippen molar-refractivity contribution in [2.24, 2.45) is 0 Å². The van der Waals surface area contributed by atoms with Crippen LogP contribution in [0.15, 0.2) is 28.7 Å². The van der Waals surface area contributed by atoms with Crippen LogP contribution in [0.4, 0.5) is 0 Å². The van der Waals surface area contributed by atoms with Gasteiger partial charge in [0.1, 0.15) is 5.58 Å². The molecule has 0 aliphatic carbocycles. The number of carbonyl (C=O) groups excluding carboxylic acids is 2. The third-order valence-electron chi connectivity index (χ3n) is 2.40. The van der Waals surface area contributed by atoms with Crippen molar-refractivity contribution in [3.05, 3.63) is 35.6 Å². The standard InChI is InChI=1S/C12H12N2O3/c1-7-9-5-3-4-6-10(9)17-11(7)12(16)14-13-8(2)15/h3-6H,1-2H3,(H,13,15)(H,14,16). The predicted molar refractivity (Wildman–Crippen MR) is 62.2 cm³/mol. The quantitative estimate of drug-likeness (QED) is 0.732. The molecule has 0 unspecified atom stereocenters. The molecular formula is C12H12N2O3. The fourth-order valence-electron chi connectivity index (χ4n) is 1.59. The largest absolute Gasteiger partial charge is 0.451 e. The molecule has 2 aromatic rings. The smallest absolute Gasteiger partial charge is 0.305 e. The van der Waals surface area contributed by atoms with Gasteiger partial charge < -0.3 is 4.42 Å². The second kappa shape index (κ2) is 4.29. The van der Waals surface area contributed by atoms with Gasteiger partial charge in [0.05, 0.1) is 0 Å². The first-order valence-corrected chi connectivity index (χ1v) is 5.14. The van der Waals surface area contributed by atoms with Gasteiger partial charge >= 0.3 is 5.91 Å². The number of hydrogen-bond donors (Lipinski definition) is 2. The van der Waals surface area contributed by atoms with E-state index >= 15 is 0 Å². The minimum atomic E-state index is -0.464. The second-order valence-electron chi connectivity index (χ2n) is 3.69. The number of aryl methyl sites for hydroxylation is 1. The van der Waals surface area contributed by atoms with E-state index in [1.807, 2.05) is 18.2 Å². The van der Waals surface area contributed by atoms with Gasteiger partial charge in [0, 0.05) is 17.9 Å². The summed E-state index contributed by atoms with van der Waals surface area (Å²) in [4.78, 5) is 22.4. The van der Waals surface area contributed by atoms with Crippen LogP contribution in [0.3, 0.4) is 0 Å². The minimum absolute atomic E-state index is 0.208. The first-order chi connectivity index (χ1) is 8.09. The highest BCUT2D eigenvalue weighted by molar-refractivity contribution is 5.99. The van der Waals surface area contributed by atoms with Crippen LogP contribution in [0.2, 0.25) is 0 Å². The highest BCUT2D eigenvalue weighted by atomic mass is 16.3. The highest BCUT2D eigenvalue weighted by Crippen LogP contribution is 2.24. The number of rotatable bonds is 1. The summed E-state index contributed by atoms with van der Waals surface area (Å²) >= 11 is 0. The summed E-state index contributed by atoms with van der Waals surface area (Å²) in [5, 5.41) is 0.889. The van der Waals surface area contributed by atoms with Gasteiger partial charge in [-0.2, -0.15) is 0 Å². The van der Waals surface area contributed by atoms with Gasteiger partial charge in [-0.3, -0.25) is 20.4 Å². The monoisotopic (exact) mass is 232 g/mol. The Hall–Kier alpha value is -2.30. The van der Waals surface area contributed by atoms with Crippen molar-refractivity contribution >= 4 is 22.8 Å². The Balaban J connectivity index is 2.32. The van der Waals surface area contributed by atoms with E-state index in [0.717, 1.165) is 10.9 Å². The zero-order chi connectivity index (χ0) is 12.4. The number of fused-ring (bicyclic) bond motifs is 1. The zero-order valence-electron chi connectivity index (χ0n) is 9.53. The number of furan rings is 1. The van der Waals surface area contributed by atoms with Crippen LogP contribution in [0.1, 0.15) is 23.0 Å². The van der Waals surface area contributed by atoms with Crippen molar-refractivity contribution in [3.63, 3.8) is 0 Å². The van der Waals surface area contributed by atoms with Crippen molar-refractivity contribution in [1.29, 1.82) is 0 Å². The van der Waals surface area contributed by atoms with Crippen molar-refractivity contribution in [2.45, 2.75) is 13.8 Å². The molecule has 0 aliphatic heterocycles. The van der Waals surface area contributed by atoms with Crippen molar-refractivity contribution in [2.75, 3.05) is 0 Å². The number of benzene rings is 1. The van der Waals surface area contributed by atoms with Crippen LogP contribution in [-0.2, 0) is 4.79 Å². The Bertz CT molecular complexity index is 586. The highest BCUT2D eigenvalue weighted by Gasteiger charge is 2.17. The van der Waals surface area contributed by atoms with E-state index in [0.29, 0.717) is 5.58 Å². The second-order valence-corrected chi connectivity index (χ2v) is 3.69. The minimum Gasteiger partial charge on any atom is -0.451 e. The summed E-state index contributed by atoms with van der Waals surface area (Å²) in [5.41, 5.74) is 5.89. The van der Waals surface area contributed by atoms with Crippen LogP contribution in [0, 0.1) is 6.92 Å². The van der Waals surface area contributed by atoms with Gasteiger partial charge in [0.15, 0.2) is 5.76 Å². The predicted octanol–water partition coefficient (Wildman–Crippen LogP) is 1.52. The number of nitrogens with one attached hydrogen (secondary N) is 2. The normalized spacial score (nSPS) is 10.2. The molecule has 1 aromatic carbocycles. The molecule has 0 spiro atoms. The summed E-state index contributed by atoms with van der Waals surface area (Å²) < 4.78 is 5.43. The lowest BCUT2D eigenvalue weighted by molar-refractivity contribution is -0.119. The molecule has 0 saturated heterocycles. The van der Waals surface area contributed by atoms with Crippen molar-refractivity contribution in [3.8, 4) is 0 Å². The lowest BCUT2D eigenvalue weighted by Crippen LogP contribution is -2.40. The maximum atomic E-state index is 11.7. The molecular weight excluding hydrogens is 220 g/mol. The summed E-state index contributed by atoms with van der Waals surface area (Å²) in [6, 6.07) is 7.38. The number of hydrogen-bond acceptors (Lipinski definition) is 3. The number of hydrazine groups is 1. The molecule has 1 heterocycles. The molecule has 0 radical (unpaired) electrons. The first-order valence-electron chi connectivity index (χ1n) is 5.14. The van der Waals surface area contributed by atoms with Crippen LogP contribution in [0.25, 0.3) is 11.0 Å². The van der Waals surface area contributed by atoms with Gasteiger partial charge in [0.25, 0.3) is 0 Å². The van der Waals surface area contributed by atoms with Gasteiger partial charge in [-0.25, -0.2) is 0 Å². The van der Waals surface area contributed by atoms with E-state index in [1.54, 1.807) is 13.0 Å². The zero-order valence-corrected chi connectivity index (χ0v) is 9.53. The van der Waals surface area contributed by atoms with E-state index in [1.165, 1.54) is 6.92 Å². The fourth-order valence-corrected chi connectivity index (χ4v) is 1.59. The molecule has 0 atom stereocenters. The van der Waals surface area contributed by atoms with Gasteiger partial charge in [-0.15, -0.1) is 0 Å². The van der Waals surface area contributed by atoms with Gasteiger partial charge in [0.2, 0.25) is 5.91 Å². The average molecular weight is 232 g/mol. The third-order valence-corrected chi connectivity index (χ3v) is 2.40. The summed E-state index contributed by atoms with van der Waals surface area (Å²) in [6.07, 6.45) is 0. The maximum Gasteiger partial charge on any atom is 0.305 e. The average Bonchev–Trinajstić information content (AvgIpc) is 2.64. The first kappa shape index (κ1) is 11.2. The van der Waals surface area contributed by atoms with Gasteiger partial charge in [-0.1, -0.05) is 18.2 Å². The maximum absolute atomic E-state index is 11.7. The Morgan fingerprint density at radius 1 is 1.18 bits per heavy atom. The Labute approximate surface area is 97.8 Å². The van der Waals surface area contributed by atoms with Crippen molar-refractivity contribution in [1.82, 2.24) is 10.9 Å². The number of carbonyl (C=O) groups is 2. The molecule has 1 aromatic heterocycles. The molecule has 0 saturated carbocycles. The fraction of sp³-hybridized carbons (Fsp3) is 0.167. The number of amides is 2. The van der Waals surface area contributed by atoms with Crippen LogP contribution >= 0.6 is 0 Å². The summed E-state index contributed by atoms with van der Waals surface area (Å²) in [5.74, 6) is -0.596. The molecule has 0 fully saturated rings. The van der Waals surface area contributed by atoms with E-state index in [2.05, 4.69) is 10.9 Å². The molecule has 2 rings (SSSR count). The van der Waals surface area contributed by atoms with Crippen LogP contribution in [0.5, 0.6) is 0 Å². The van der Waals surface area contributed by atoms with Crippen LogP contribution in [-0.4, -0.2) is 11.8 Å². The SMILES string of the molecule is CC(=O)NNC(=O)c1oc2ccccc2c1C. The molecule has 88 valence electrons. The molecule has 2 N–H and O–H groups in total. The van der Waals surface area contributed by atoms with Crippen molar-refractivity contribution < 1.29 is 14.0 Å². The molecule has 0 bridgehead atoms. The lowest BCUT2D eigenvalue weighted by atomic mass is 10.1. The lowest BCUT2D eigenvalue weighted by Gasteiger charge is -2.02. The topological polar surface area (TPSA) is 71.3 Å². The Morgan fingerprint density at radius 2 is 1.88 bits per heavy atom. The summed E-state index contributed by atoms with van der Waals surface area (Å²) in [6.45, 7) is 3.11. The third kappa shape index (κ3) is 2.13. The molecule has 5 heteroatoms. The van der Waals surface area contributed by atoms with Crippen LogP contribution < -0.4 is 10.9 Å². The van der Waals surface area contributed by atoms with Gasteiger partial charge in [-0.05, 0) is 13.0 Å². The van der Waals surface area contributed by atoms with E-state index in [9.17, 15) is 9.59 Å².